The largest absolute Gasteiger partial charge is 0.461 e. The number of aryl methyl sites for hydroxylation is 1. The molecule has 7 rings (SSSR count). The molecule has 1 aromatic heterocycles. The highest BCUT2D eigenvalue weighted by molar-refractivity contribution is 6.35. The van der Waals surface area contributed by atoms with Crippen molar-refractivity contribution in [1.82, 2.24) is 20.3 Å². The lowest BCUT2D eigenvalue weighted by Crippen LogP contribution is -2.43. The van der Waals surface area contributed by atoms with Crippen molar-refractivity contribution >= 4 is 44.8 Å². The van der Waals surface area contributed by atoms with Crippen LogP contribution in [0.3, 0.4) is 0 Å². The predicted molar refractivity (Wildman–Crippen MR) is 169 cm³/mol. The lowest BCUT2D eigenvalue weighted by atomic mass is 9.91. The van der Waals surface area contributed by atoms with E-state index in [1.54, 1.807) is 24.3 Å². The van der Waals surface area contributed by atoms with Gasteiger partial charge in [-0.15, -0.1) is 0 Å². The van der Waals surface area contributed by atoms with Gasteiger partial charge < -0.3 is 10.5 Å². The minimum atomic E-state index is -0.901. The van der Waals surface area contributed by atoms with Crippen LogP contribution in [-0.2, 0) is 6.42 Å². The first kappa shape index (κ1) is 29.4. The van der Waals surface area contributed by atoms with E-state index in [1.165, 1.54) is 6.07 Å². The molecule has 0 unspecified atom stereocenters. The van der Waals surface area contributed by atoms with Crippen molar-refractivity contribution in [2.45, 2.75) is 63.6 Å². The number of hydrazine groups is 1. The smallest absolute Gasteiger partial charge is 0.319 e. The normalized spacial score (nSPS) is 22.6. The lowest BCUT2D eigenvalue weighted by Gasteiger charge is -2.31. The minimum Gasteiger partial charge on any atom is -0.461 e. The molecule has 3 saturated heterocycles. The average molecular weight is 625 g/mol. The van der Waals surface area contributed by atoms with E-state index in [1.807, 2.05) is 11.9 Å². The van der Waals surface area contributed by atoms with Crippen LogP contribution in [0.1, 0.15) is 51.0 Å². The van der Waals surface area contributed by atoms with E-state index in [0.717, 1.165) is 45.2 Å². The molecule has 4 heterocycles. The average Bonchev–Trinajstić information content (AvgIpc) is 3.38. The van der Waals surface area contributed by atoms with Crippen LogP contribution in [0, 0.1) is 11.6 Å². The number of halogens is 4. The number of benzene rings is 3. The summed E-state index contributed by atoms with van der Waals surface area (Å²) in [4.78, 5) is 11.5. The van der Waals surface area contributed by atoms with Gasteiger partial charge in [-0.25, -0.2) is 18.6 Å². The molecule has 0 amide bonds. The molecule has 0 bridgehead atoms. The Balaban J connectivity index is 1.40. The number of nitrogen functional groups attached to an aromatic ring is 1. The third-order valence-corrected chi connectivity index (χ3v) is 9.80. The number of nitrogens with zero attached hydrogens (tertiary/aromatic N) is 4. The number of hydrogen-bond donors (Lipinski definition) is 2. The van der Waals surface area contributed by atoms with Gasteiger partial charge in [-0.2, -0.15) is 9.97 Å². The lowest BCUT2D eigenvalue weighted by molar-refractivity contribution is 0.107. The first-order chi connectivity index (χ1) is 21.3. The Bertz CT molecular complexity index is 1750. The van der Waals surface area contributed by atoms with E-state index >= 15 is 8.78 Å². The molecule has 232 valence electrons. The van der Waals surface area contributed by atoms with Crippen molar-refractivity contribution in [3.8, 4) is 17.1 Å². The van der Waals surface area contributed by atoms with Gasteiger partial charge >= 0.3 is 6.01 Å². The van der Waals surface area contributed by atoms with Gasteiger partial charge in [-0.1, -0.05) is 31.0 Å². The highest BCUT2D eigenvalue weighted by Gasteiger charge is 2.49. The highest BCUT2D eigenvalue weighted by atomic mass is 35.5. The maximum atomic E-state index is 17.0. The number of nitrogens with two attached hydrogens (primary N) is 1. The van der Waals surface area contributed by atoms with E-state index < -0.39 is 17.5 Å². The van der Waals surface area contributed by atoms with Gasteiger partial charge in [0.15, 0.2) is 11.6 Å². The van der Waals surface area contributed by atoms with E-state index in [2.05, 4.69) is 15.3 Å². The number of anilines is 2. The number of ether oxygens (including phenoxy) is 1. The molecule has 4 aromatic rings. The zero-order valence-corrected chi connectivity index (χ0v) is 25.5. The summed E-state index contributed by atoms with van der Waals surface area (Å²) in [6.07, 6.45) is 4.68. The van der Waals surface area contributed by atoms with Crippen LogP contribution in [-0.4, -0.2) is 59.4 Å². The third-order valence-electron chi connectivity index (χ3n) is 9.50. The van der Waals surface area contributed by atoms with Gasteiger partial charge in [0.05, 0.1) is 10.6 Å². The zero-order chi connectivity index (χ0) is 30.6. The van der Waals surface area contributed by atoms with Gasteiger partial charge in [-0.05, 0) is 84.8 Å². The molecule has 0 aliphatic carbocycles. The SMILES string of the molecule is CCc1c(F)ccc2cc(N)cc(-c3c(Cl)cc4c(N5CCCCCN5)nc(OC[C@@]56CCCN5C[C@H](F)C6)nc4c3F)c12. The molecule has 7 nitrogen and oxygen atoms in total. The summed E-state index contributed by atoms with van der Waals surface area (Å²) in [7, 11) is 0. The fourth-order valence-corrected chi connectivity index (χ4v) is 7.75. The van der Waals surface area contributed by atoms with E-state index in [4.69, 9.17) is 27.1 Å². The quantitative estimate of drug-likeness (QED) is 0.224. The van der Waals surface area contributed by atoms with E-state index in [-0.39, 0.29) is 34.5 Å². The minimum absolute atomic E-state index is 0.0203. The second-order valence-electron chi connectivity index (χ2n) is 12.3. The summed E-state index contributed by atoms with van der Waals surface area (Å²) in [6, 6.07) is 8.12. The fourth-order valence-electron chi connectivity index (χ4n) is 7.45. The molecule has 0 saturated carbocycles. The molecule has 3 aromatic carbocycles. The van der Waals surface area contributed by atoms with Crippen LogP contribution in [0.25, 0.3) is 32.8 Å². The Morgan fingerprint density at radius 2 is 1.98 bits per heavy atom. The first-order valence-corrected chi connectivity index (χ1v) is 15.9. The van der Waals surface area contributed by atoms with Gasteiger partial charge in [-0.3, -0.25) is 9.91 Å². The number of aromatic nitrogens is 2. The molecule has 3 fully saturated rings. The van der Waals surface area contributed by atoms with Gasteiger partial charge in [0.25, 0.3) is 0 Å². The molecule has 3 N–H and O–H groups in total. The van der Waals surface area contributed by atoms with Crippen LogP contribution in [0.2, 0.25) is 5.02 Å². The molecule has 44 heavy (non-hydrogen) atoms. The summed E-state index contributed by atoms with van der Waals surface area (Å²) in [5.41, 5.74) is 10.6. The van der Waals surface area contributed by atoms with Crippen LogP contribution >= 0.6 is 11.6 Å². The topological polar surface area (TPSA) is 79.5 Å². The molecular formula is C33H36ClF3N6O. The number of rotatable bonds is 6. The van der Waals surface area contributed by atoms with E-state index in [9.17, 15) is 4.39 Å². The Morgan fingerprint density at radius 3 is 2.82 bits per heavy atom. The van der Waals surface area contributed by atoms with Gasteiger partial charge in [0.2, 0.25) is 0 Å². The van der Waals surface area contributed by atoms with E-state index in [0.29, 0.717) is 64.7 Å². The Hall–Kier alpha value is -3.34. The third kappa shape index (κ3) is 5.01. The summed E-state index contributed by atoms with van der Waals surface area (Å²) in [6.45, 7) is 4.70. The number of nitrogens with one attached hydrogen (secondary N) is 1. The van der Waals surface area contributed by atoms with Gasteiger partial charge in [0.1, 0.15) is 24.1 Å². The number of alkyl halides is 1. The van der Waals surface area contributed by atoms with Crippen LogP contribution in [0.4, 0.5) is 24.7 Å². The summed E-state index contributed by atoms with van der Waals surface area (Å²) < 4.78 is 52.7. The molecule has 2 atom stereocenters. The molecule has 11 heteroatoms. The highest BCUT2D eigenvalue weighted by Crippen LogP contribution is 2.44. The van der Waals surface area contributed by atoms with Gasteiger partial charge in [0, 0.05) is 42.7 Å². The van der Waals surface area contributed by atoms with Crippen molar-refractivity contribution in [3.63, 3.8) is 0 Å². The summed E-state index contributed by atoms with van der Waals surface area (Å²) in [5, 5.41) is 3.73. The number of hydrogen-bond acceptors (Lipinski definition) is 7. The Kier molecular flexibility index (Phi) is 7.71. The van der Waals surface area contributed by atoms with Crippen molar-refractivity contribution < 1.29 is 17.9 Å². The maximum absolute atomic E-state index is 17.0. The fraction of sp³-hybridized carbons (Fsp3) is 0.455. The first-order valence-electron chi connectivity index (χ1n) is 15.5. The Morgan fingerprint density at radius 1 is 1.11 bits per heavy atom. The van der Waals surface area contributed by atoms with Crippen molar-refractivity contribution in [2.75, 3.05) is 43.5 Å². The number of fused-ring (bicyclic) bond motifs is 3. The van der Waals surface area contributed by atoms with Crippen LogP contribution < -0.4 is 20.9 Å². The maximum Gasteiger partial charge on any atom is 0.319 e. The second kappa shape index (κ2) is 11.5. The molecular weight excluding hydrogens is 589 g/mol. The molecule has 3 aliphatic rings. The van der Waals surface area contributed by atoms with Crippen LogP contribution in [0.5, 0.6) is 6.01 Å². The monoisotopic (exact) mass is 624 g/mol. The molecule has 0 spiro atoms. The van der Waals surface area contributed by atoms with Crippen molar-refractivity contribution in [2.24, 2.45) is 0 Å². The molecule has 0 radical (unpaired) electrons. The zero-order valence-electron chi connectivity index (χ0n) is 24.7. The Labute approximate surface area is 259 Å². The predicted octanol–water partition coefficient (Wildman–Crippen LogP) is 6.98. The summed E-state index contributed by atoms with van der Waals surface area (Å²) in [5.74, 6) is -0.578. The van der Waals surface area contributed by atoms with Crippen molar-refractivity contribution in [1.29, 1.82) is 0 Å². The van der Waals surface area contributed by atoms with Crippen LogP contribution in [0.15, 0.2) is 30.3 Å². The second-order valence-corrected chi connectivity index (χ2v) is 12.7. The standard InChI is InChI=1S/C33H36ClF3N6O/c1-2-22-26(36)8-7-19-13-21(38)14-23(27(19)22)28-25(34)15-24-30(29(28)37)40-32(41-31(24)43-12-5-3-4-10-39-43)44-18-33-9-6-11-42(33)17-20(35)16-33/h7-8,13-15,20,39H,2-6,9-12,16-18,38H2,1H3/t20-,33+/m1/s1. The summed E-state index contributed by atoms with van der Waals surface area (Å²) >= 11 is 6.89. The molecule has 3 aliphatic heterocycles. The van der Waals surface area contributed by atoms with Crippen molar-refractivity contribution in [3.05, 3.63) is 52.6 Å².